The number of nitro groups is 1. The Morgan fingerprint density at radius 3 is 2.55 bits per heavy atom. The molecule has 0 aliphatic heterocycles. The molecule has 2 N–H and O–H groups in total. The molecule has 0 saturated carbocycles. The quantitative estimate of drug-likeness (QED) is 0.658. The molecule has 0 heterocycles. The second kappa shape index (κ2) is 6.02. The summed E-state index contributed by atoms with van der Waals surface area (Å²) in [4.78, 5) is 9.93. The maximum Gasteiger partial charge on any atom is 0.418 e. The van der Waals surface area contributed by atoms with Crippen molar-refractivity contribution < 1.29 is 28.3 Å². The number of benzene rings is 1. The third-order valence-corrected chi connectivity index (χ3v) is 2.66. The van der Waals surface area contributed by atoms with E-state index in [2.05, 4.69) is 0 Å². The highest BCUT2D eigenvalue weighted by Gasteiger charge is 2.40. The Kier molecular flexibility index (Phi) is 4.85. The fourth-order valence-corrected chi connectivity index (χ4v) is 1.52. The smallest absolute Gasteiger partial charge is 0.392 e. The summed E-state index contributed by atoms with van der Waals surface area (Å²) >= 11 is 0. The van der Waals surface area contributed by atoms with E-state index < -0.39 is 29.4 Å². The van der Waals surface area contributed by atoms with Gasteiger partial charge in [-0.15, -0.1) is 0 Å². The van der Waals surface area contributed by atoms with Gasteiger partial charge < -0.3 is 10.2 Å². The minimum atomic E-state index is -4.91. The van der Waals surface area contributed by atoms with Crippen LogP contribution in [0.3, 0.4) is 0 Å². The number of non-ortho nitro benzene ring substituents is 1. The molecule has 8 heteroatoms. The van der Waals surface area contributed by atoms with E-state index in [1.807, 2.05) is 0 Å². The van der Waals surface area contributed by atoms with E-state index in [0.717, 1.165) is 12.1 Å². The van der Waals surface area contributed by atoms with Gasteiger partial charge in [0.25, 0.3) is 5.69 Å². The van der Waals surface area contributed by atoms with Gasteiger partial charge in [-0.3, -0.25) is 10.1 Å². The van der Waals surface area contributed by atoms with Crippen molar-refractivity contribution in [1.29, 1.82) is 0 Å². The third-order valence-electron chi connectivity index (χ3n) is 2.66. The molecule has 1 unspecified atom stereocenters. The molecule has 0 aliphatic rings. The highest BCUT2D eigenvalue weighted by molar-refractivity contribution is 5.60. The molecule has 0 aliphatic carbocycles. The molecule has 5 nitrogen and oxygen atoms in total. The van der Waals surface area contributed by atoms with E-state index in [9.17, 15) is 23.3 Å². The first kappa shape index (κ1) is 16.1. The van der Waals surface area contributed by atoms with Crippen LogP contribution in [0.25, 0.3) is 6.08 Å². The number of aliphatic hydroxyl groups excluding tert-OH is 2. The van der Waals surface area contributed by atoms with Crippen molar-refractivity contribution >= 4 is 11.8 Å². The summed E-state index contributed by atoms with van der Waals surface area (Å²) in [5.74, 6) is 0. The number of nitrogens with zero attached hydrogens (tertiary/aromatic N) is 1. The molecule has 1 rings (SSSR count). The predicted molar refractivity (Wildman–Crippen MR) is 65.0 cm³/mol. The van der Waals surface area contributed by atoms with Crippen molar-refractivity contribution in [2.75, 3.05) is 6.61 Å². The number of aryl methyl sites for hydroxylation is 1. The lowest BCUT2D eigenvalue weighted by Crippen LogP contribution is -2.31. The number of aliphatic hydroxyl groups is 2. The Labute approximate surface area is 112 Å². The van der Waals surface area contributed by atoms with Crippen molar-refractivity contribution in [3.8, 4) is 0 Å². The van der Waals surface area contributed by atoms with E-state index in [1.54, 1.807) is 6.92 Å². The summed E-state index contributed by atoms with van der Waals surface area (Å²) in [5.41, 5.74) is -0.357. The second-order valence-electron chi connectivity index (χ2n) is 4.12. The van der Waals surface area contributed by atoms with Crippen LogP contribution in [0.2, 0.25) is 0 Å². The monoisotopic (exact) mass is 291 g/mol. The van der Waals surface area contributed by atoms with E-state index in [-0.39, 0.29) is 11.3 Å². The summed E-state index contributed by atoms with van der Waals surface area (Å²) in [6, 6.07) is 3.67. The highest BCUT2D eigenvalue weighted by atomic mass is 19.4. The van der Waals surface area contributed by atoms with Gasteiger partial charge in [0.2, 0.25) is 0 Å². The molecule has 1 aromatic rings. The Hall–Kier alpha value is -1.93. The third kappa shape index (κ3) is 3.78. The van der Waals surface area contributed by atoms with Gasteiger partial charge in [0.15, 0.2) is 6.10 Å². The molecule has 20 heavy (non-hydrogen) atoms. The zero-order valence-corrected chi connectivity index (χ0v) is 10.4. The van der Waals surface area contributed by atoms with Crippen molar-refractivity contribution in [3.05, 3.63) is 45.0 Å². The fraction of sp³-hybridized carbons (Fsp3) is 0.333. The Morgan fingerprint density at radius 1 is 1.50 bits per heavy atom. The molecule has 0 aromatic heterocycles. The van der Waals surface area contributed by atoms with Gasteiger partial charge in [-0.1, -0.05) is 12.1 Å². The average Bonchev–Trinajstić information content (AvgIpc) is 2.35. The molecule has 0 spiro atoms. The summed E-state index contributed by atoms with van der Waals surface area (Å²) < 4.78 is 37.2. The van der Waals surface area contributed by atoms with Crippen LogP contribution in [0, 0.1) is 17.0 Å². The van der Waals surface area contributed by atoms with Crippen LogP contribution in [0.1, 0.15) is 11.1 Å². The lowest BCUT2D eigenvalue weighted by Gasteiger charge is -2.17. The van der Waals surface area contributed by atoms with Crippen LogP contribution in [0.15, 0.2) is 23.8 Å². The molecular weight excluding hydrogens is 279 g/mol. The molecule has 0 amide bonds. The predicted octanol–water partition coefficient (Wildman–Crippen LogP) is 2.20. The van der Waals surface area contributed by atoms with Crippen LogP contribution >= 0.6 is 0 Å². The largest absolute Gasteiger partial charge is 0.418 e. The van der Waals surface area contributed by atoms with Gasteiger partial charge in [0.05, 0.1) is 11.5 Å². The number of nitro benzene ring substituents is 1. The van der Waals surface area contributed by atoms with Crippen molar-refractivity contribution in [2.24, 2.45) is 0 Å². The average molecular weight is 291 g/mol. The molecule has 1 atom stereocenters. The summed E-state index contributed by atoms with van der Waals surface area (Å²) in [7, 11) is 0. The first-order valence-corrected chi connectivity index (χ1v) is 5.48. The van der Waals surface area contributed by atoms with Crippen LogP contribution < -0.4 is 0 Å². The maximum atomic E-state index is 12.4. The fourth-order valence-electron chi connectivity index (χ4n) is 1.52. The van der Waals surface area contributed by atoms with Crippen molar-refractivity contribution in [3.63, 3.8) is 0 Å². The van der Waals surface area contributed by atoms with Gasteiger partial charge >= 0.3 is 6.18 Å². The van der Waals surface area contributed by atoms with Gasteiger partial charge in [0, 0.05) is 12.1 Å². The van der Waals surface area contributed by atoms with Gasteiger partial charge in [-0.05, 0) is 23.6 Å². The van der Waals surface area contributed by atoms with E-state index in [0.29, 0.717) is 5.56 Å². The maximum absolute atomic E-state index is 12.4. The summed E-state index contributed by atoms with van der Waals surface area (Å²) in [6.45, 7) is 0.535. The van der Waals surface area contributed by atoms with Gasteiger partial charge in [-0.2, -0.15) is 13.2 Å². The van der Waals surface area contributed by atoms with Crippen molar-refractivity contribution in [2.45, 2.75) is 19.2 Å². The summed E-state index contributed by atoms with van der Waals surface area (Å²) in [6.07, 6.45) is -6.82. The molecular formula is C12H12F3NO4. The lowest BCUT2D eigenvalue weighted by molar-refractivity contribution is -0.384. The van der Waals surface area contributed by atoms with Crippen LogP contribution in [-0.4, -0.2) is 34.0 Å². The normalized spacial score (nSPS) is 14.2. The molecule has 0 bridgehead atoms. The number of hydrogen-bond acceptors (Lipinski definition) is 4. The van der Waals surface area contributed by atoms with Crippen molar-refractivity contribution in [1.82, 2.24) is 0 Å². The molecule has 0 saturated heterocycles. The SMILES string of the molecule is Cc1ccc([N+](=O)[O-])cc1/C=C(/CO)C(O)C(F)(F)F. The minimum Gasteiger partial charge on any atom is -0.392 e. The standard InChI is InChI=1S/C12H12F3NO4/c1-7-2-3-10(16(19)20)5-8(7)4-9(6-17)11(18)12(13,14)15/h2-5,11,17-18H,6H2,1H3/b9-4-. The van der Waals surface area contributed by atoms with Crippen LogP contribution in [0.5, 0.6) is 0 Å². The Bertz CT molecular complexity index is 540. The first-order valence-electron chi connectivity index (χ1n) is 5.48. The van der Waals surface area contributed by atoms with E-state index >= 15 is 0 Å². The van der Waals surface area contributed by atoms with E-state index in [1.165, 1.54) is 12.1 Å². The van der Waals surface area contributed by atoms with Gasteiger partial charge in [0.1, 0.15) is 0 Å². The molecule has 0 radical (unpaired) electrons. The van der Waals surface area contributed by atoms with Gasteiger partial charge in [-0.25, -0.2) is 0 Å². The minimum absolute atomic E-state index is 0.131. The van der Waals surface area contributed by atoms with E-state index in [4.69, 9.17) is 10.2 Å². The molecule has 0 fully saturated rings. The zero-order chi connectivity index (χ0) is 15.5. The molecule has 110 valence electrons. The second-order valence-corrected chi connectivity index (χ2v) is 4.12. The van der Waals surface area contributed by atoms with Crippen LogP contribution in [-0.2, 0) is 0 Å². The lowest BCUT2D eigenvalue weighted by atomic mass is 10.0. The first-order chi connectivity index (χ1) is 9.16. The Morgan fingerprint density at radius 2 is 2.10 bits per heavy atom. The Balaban J connectivity index is 3.25. The number of halogens is 3. The summed E-state index contributed by atoms with van der Waals surface area (Å²) in [5, 5.41) is 28.6. The number of alkyl halides is 3. The number of rotatable bonds is 4. The number of hydrogen-bond donors (Lipinski definition) is 2. The molecule has 1 aromatic carbocycles. The zero-order valence-electron chi connectivity index (χ0n) is 10.4. The van der Waals surface area contributed by atoms with Crippen LogP contribution in [0.4, 0.5) is 18.9 Å². The topological polar surface area (TPSA) is 83.6 Å². The highest BCUT2D eigenvalue weighted by Crippen LogP contribution is 2.27.